The van der Waals surface area contributed by atoms with E-state index in [0.29, 0.717) is 5.57 Å². The van der Waals surface area contributed by atoms with Crippen molar-refractivity contribution in [1.82, 2.24) is 0 Å². The van der Waals surface area contributed by atoms with E-state index in [9.17, 15) is 4.79 Å². The second-order valence-corrected chi connectivity index (χ2v) is 2.86. The lowest BCUT2D eigenvalue weighted by atomic mass is 10.0. The first-order valence-electron chi connectivity index (χ1n) is 3.85. The molecule has 0 amide bonds. The van der Waals surface area contributed by atoms with Gasteiger partial charge in [0.2, 0.25) is 0 Å². The normalized spacial score (nSPS) is 12.5. The molecule has 1 aromatic heterocycles. The van der Waals surface area contributed by atoms with Crippen LogP contribution in [0.3, 0.4) is 0 Å². The van der Waals surface area contributed by atoms with Gasteiger partial charge in [-0.3, -0.25) is 4.79 Å². The van der Waals surface area contributed by atoms with Gasteiger partial charge in [-0.05, 0) is 24.6 Å². The number of rotatable bonds is 3. The van der Waals surface area contributed by atoms with Crippen molar-refractivity contribution in [2.24, 2.45) is 0 Å². The maximum Gasteiger partial charge on any atom is 0.146 e. The topological polar surface area (TPSA) is 30.2 Å². The zero-order valence-corrected chi connectivity index (χ0v) is 7.33. The molecule has 0 saturated carbocycles. The van der Waals surface area contributed by atoms with Crippen molar-refractivity contribution in [3.63, 3.8) is 0 Å². The zero-order valence-electron chi connectivity index (χ0n) is 7.33. The third-order valence-corrected chi connectivity index (χ3v) is 1.90. The molecule has 1 unspecified atom stereocenters. The number of hydrogen-bond acceptors (Lipinski definition) is 2. The SMILES string of the molecule is C=C(C=O)C(C)c1ccc(C)o1. The molecule has 1 rings (SSSR count). The van der Waals surface area contributed by atoms with Crippen molar-refractivity contribution in [3.05, 3.63) is 35.8 Å². The first-order chi connectivity index (χ1) is 5.65. The molecular formula is C10H12O2. The van der Waals surface area contributed by atoms with Gasteiger partial charge in [0.25, 0.3) is 0 Å². The van der Waals surface area contributed by atoms with Crippen molar-refractivity contribution in [2.45, 2.75) is 19.8 Å². The van der Waals surface area contributed by atoms with Crippen LogP contribution in [0.15, 0.2) is 28.7 Å². The van der Waals surface area contributed by atoms with Gasteiger partial charge in [0, 0.05) is 5.92 Å². The monoisotopic (exact) mass is 164 g/mol. The number of allylic oxidation sites excluding steroid dienone is 1. The van der Waals surface area contributed by atoms with Crippen LogP contribution in [-0.2, 0) is 4.79 Å². The molecular weight excluding hydrogens is 152 g/mol. The largest absolute Gasteiger partial charge is 0.466 e. The minimum absolute atomic E-state index is 0.0174. The maximum absolute atomic E-state index is 10.4. The fraction of sp³-hybridized carbons (Fsp3) is 0.300. The minimum Gasteiger partial charge on any atom is -0.466 e. The first-order valence-corrected chi connectivity index (χ1v) is 3.85. The van der Waals surface area contributed by atoms with Gasteiger partial charge in [0.1, 0.15) is 17.8 Å². The number of furan rings is 1. The highest BCUT2D eigenvalue weighted by molar-refractivity contribution is 5.74. The molecule has 1 atom stereocenters. The average molecular weight is 164 g/mol. The Balaban J connectivity index is 2.84. The van der Waals surface area contributed by atoms with E-state index >= 15 is 0 Å². The van der Waals surface area contributed by atoms with Crippen molar-refractivity contribution in [3.8, 4) is 0 Å². The van der Waals surface area contributed by atoms with Gasteiger partial charge >= 0.3 is 0 Å². The summed E-state index contributed by atoms with van der Waals surface area (Å²) in [6, 6.07) is 3.75. The van der Waals surface area contributed by atoms with E-state index < -0.39 is 0 Å². The van der Waals surface area contributed by atoms with Gasteiger partial charge < -0.3 is 4.42 Å². The fourth-order valence-corrected chi connectivity index (χ4v) is 0.971. The Kier molecular flexibility index (Phi) is 2.48. The second-order valence-electron chi connectivity index (χ2n) is 2.86. The predicted octanol–water partition coefficient (Wildman–Crippen LogP) is 2.45. The summed E-state index contributed by atoms with van der Waals surface area (Å²) < 4.78 is 5.35. The summed E-state index contributed by atoms with van der Waals surface area (Å²) in [7, 11) is 0. The van der Waals surface area contributed by atoms with E-state index in [2.05, 4.69) is 6.58 Å². The van der Waals surface area contributed by atoms with Gasteiger partial charge in [0.05, 0.1) is 0 Å². The molecule has 0 aliphatic heterocycles. The summed E-state index contributed by atoms with van der Waals surface area (Å²) in [5.74, 6) is 1.64. The molecule has 0 aliphatic carbocycles. The molecule has 0 bridgehead atoms. The van der Waals surface area contributed by atoms with Crippen molar-refractivity contribution < 1.29 is 9.21 Å². The first kappa shape index (κ1) is 8.78. The van der Waals surface area contributed by atoms with Crippen molar-refractivity contribution in [2.75, 3.05) is 0 Å². The minimum atomic E-state index is -0.0174. The van der Waals surface area contributed by atoms with Crippen LogP contribution < -0.4 is 0 Å². The van der Waals surface area contributed by atoms with Crippen LogP contribution >= 0.6 is 0 Å². The van der Waals surface area contributed by atoms with Crippen LogP contribution in [-0.4, -0.2) is 6.29 Å². The Labute approximate surface area is 71.9 Å². The van der Waals surface area contributed by atoms with E-state index in [-0.39, 0.29) is 5.92 Å². The summed E-state index contributed by atoms with van der Waals surface area (Å²) in [4.78, 5) is 10.4. The van der Waals surface area contributed by atoms with E-state index in [1.54, 1.807) is 0 Å². The molecule has 0 saturated heterocycles. The molecule has 1 heterocycles. The number of carbonyl (C=O) groups excluding carboxylic acids is 1. The summed E-state index contributed by atoms with van der Waals surface area (Å²) in [6.07, 6.45) is 0.766. The van der Waals surface area contributed by atoms with Crippen molar-refractivity contribution >= 4 is 6.29 Å². The van der Waals surface area contributed by atoms with Crippen LogP contribution in [0, 0.1) is 6.92 Å². The quantitative estimate of drug-likeness (QED) is 0.507. The van der Waals surface area contributed by atoms with Crippen LogP contribution in [0.2, 0.25) is 0 Å². The Morgan fingerprint density at radius 3 is 2.75 bits per heavy atom. The molecule has 2 nitrogen and oxygen atoms in total. The molecule has 0 fully saturated rings. The molecule has 0 spiro atoms. The lowest BCUT2D eigenvalue weighted by Crippen LogP contribution is -1.95. The summed E-state index contributed by atoms with van der Waals surface area (Å²) in [5.41, 5.74) is 0.546. The van der Waals surface area contributed by atoms with Crippen LogP contribution in [0.4, 0.5) is 0 Å². The number of aldehydes is 1. The fourth-order valence-electron chi connectivity index (χ4n) is 0.971. The second kappa shape index (κ2) is 3.39. The van der Waals surface area contributed by atoms with Gasteiger partial charge in [-0.15, -0.1) is 0 Å². The number of carbonyl (C=O) groups is 1. The Morgan fingerprint density at radius 1 is 1.67 bits per heavy atom. The lowest BCUT2D eigenvalue weighted by Gasteiger charge is -2.04. The third kappa shape index (κ3) is 1.64. The zero-order chi connectivity index (χ0) is 9.14. The van der Waals surface area contributed by atoms with Gasteiger partial charge in [-0.1, -0.05) is 13.5 Å². The lowest BCUT2D eigenvalue weighted by molar-refractivity contribution is -0.105. The maximum atomic E-state index is 10.4. The van der Waals surface area contributed by atoms with Crippen LogP contribution in [0.5, 0.6) is 0 Å². The van der Waals surface area contributed by atoms with E-state index in [1.807, 2.05) is 26.0 Å². The molecule has 0 aliphatic rings. The molecule has 2 heteroatoms. The third-order valence-electron chi connectivity index (χ3n) is 1.90. The Bertz CT molecular complexity index is 297. The Morgan fingerprint density at radius 2 is 2.33 bits per heavy atom. The van der Waals surface area contributed by atoms with Gasteiger partial charge in [-0.25, -0.2) is 0 Å². The van der Waals surface area contributed by atoms with Gasteiger partial charge in [0.15, 0.2) is 0 Å². The highest BCUT2D eigenvalue weighted by Gasteiger charge is 2.11. The standard InChI is InChI=1S/C10H12O2/c1-7(6-11)9(3)10-5-4-8(2)12-10/h4-6,9H,1H2,2-3H3. The van der Waals surface area contributed by atoms with Gasteiger partial charge in [-0.2, -0.15) is 0 Å². The molecule has 0 N–H and O–H groups in total. The Hall–Kier alpha value is -1.31. The molecule has 1 aromatic rings. The molecule has 12 heavy (non-hydrogen) atoms. The van der Waals surface area contributed by atoms with E-state index in [4.69, 9.17) is 4.42 Å². The molecule has 0 radical (unpaired) electrons. The van der Waals surface area contributed by atoms with Crippen LogP contribution in [0.25, 0.3) is 0 Å². The predicted molar refractivity (Wildman–Crippen MR) is 47.1 cm³/mol. The van der Waals surface area contributed by atoms with Crippen LogP contribution in [0.1, 0.15) is 24.4 Å². The number of aryl methyl sites for hydroxylation is 1. The van der Waals surface area contributed by atoms with Crippen molar-refractivity contribution in [1.29, 1.82) is 0 Å². The smallest absolute Gasteiger partial charge is 0.146 e. The number of hydrogen-bond donors (Lipinski definition) is 0. The molecule has 64 valence electrons. The highest BCUT2D eigenvalue weighted by atomic mass is 16.3. The summed E-state index contributed by atoms with van der Waals surface area (Å²) >= 11 is 0. The van der Waals surface area contributed by atoms with E-state index in [0.717, 1.165) is 17.8 Å². The summed E-state index contributed by atoms with van der Waals surface area (Å²) in [6.45, 7) is 7.40. The molecule has 0 aromatic carbocycles. The van der Waals surface area contributed by atoms with E-state index in [1.165, 1.54) is 0 Å². The summed E-state index contributed by atoms with van der Waals surface area (Å²) in [5, 5.41) is 0. The average Bonchev–Trinajstić information content (AvgIpc) is 2.49. The highest BCUT2D eigenvalue weighted by Crippen LogP contribution is 2.22.